The molecular weight excluding hydrogens is 516 g/mol. The number of benzene rings is 2. The summed E-state index contributed by atoms with van der Waals surface area (Å²) in [6.07, 6.45) is 0. The normalized spacial score (nSPS) is 10.9. The Morgan fingerprint density at radius 2 is 1.74 bits per heavy atom. The van der Waals surface area contributed by atoms with Gasteiger partial charge in [0.05, 0.1) is 37.7 Å². The molecule has 3 aromatic rings. The van der Waals surface area contributed by atoms with Crippen molar-refractivity contribution in [1.29, 1.82) is 0 Å². The third-order valence-electron chi connectivity index (χ3n) is 4.47. The van der Waals surface area contributed by atoms with E-state index in [0.717, 1.165) is 27.4 Å². The first-order valence-electron chi connectivity index (χ1n) is 9.91. The Morgan fingerprint density at radius 1 is 1.03 bits per heavy atom. The molecule has 0 fully saturated rings. The molecule has 35 heavy (non-hydrogen) atoms. The molecule has 0 saturated carbocycles. The average Bonchev–Trinajstić information content (AvgIpc) is 3.32. The zero-order chi connectivity index (χ0) is 25.4. The number of nitrogens with zero attached hydrogens (tertiary/aromatic N) is 3. The van der Waals surface area contributed by atoms with Gasteiger partial charge in [-0.05, 0) is 24.3 Å². The molecule has 1 heterocycles. The molecule has 186 valence electrons. The van der Waals surface area contributed by atoms with Crippen LogP contribution in [0.2, 0.25) is 0 Å². The summed E-state index contributed by atoms with van der Waals surface area (Å²) < 4.78 is 43.5. The number of methoxy groups -OCH3 is 3. The number of carbonyl (C=O) groups is 2. The molecule has 0 saturated heterocycles. The molecule has 1 aromatic heterocycles. The first-order valence-corrected chi connectivity index (χ1v) is 13.2. The van der Waals surface area contributed by atoms with E-state index in [-0.39, 0.29) is 21.5 Å². The highest BCUT2D eigenvalue weighted by Gasteiger charge is 2.28. The number of aromatic nitrogens is 2. The minimum absolute atomic E-state index is 0.0461. The molecule has 14 heteroatoms. The van der Waals surface area contributed by atoms with Gasteiger partial charge in [0.2, 0.25) is 11.0 Å². The van der Waals surface area contributed by atoms with E-state index >= 15 is 0 Å². The molecule has 0 bridgehead atoms. The van der Waals surface area contributed by atoms with E-state index < -0.39 is 28.4 Å². The number of para-hydroxylation sites is 1. The van der Waals surface area contributed by atoms with E-state index in [9.17, 15) is 18.0 Å². The minimum atomic E-state index is -4.17. The van der Waals surface area contributed by atoms with Crippen LogP contribution >= 0.6 is 23.1 Å². The summed E-state index contributed by atoms with van der Waals surface area (Å²) in [4.78, 5) is 24.0. The van der Waals surface area contributed by atoms with Crippen LogP contribution in [0.3, 0.4) is 0 Å². The first kappa shape index (κ1) is 26.2. The summed E-state index contributed by atoms with van der Waals surface area (Å²) in [5.74, 6) is -0.401. The third kappa shape index (κ3) is 6.61. The number of hydrogen-bond donors (Lipinski definition) is 1. The maximum absolute atomic E-state index is 13.5. The molecule has 0 radical (unpaired) electrons. The molecule has 0 aliphatic heterocycles. The van der Waals surface area contributed by atoms with Gasteiger partial charge >= 0.3 is 5.97 Å². The van der Waals surface area contributed by atoms with E-state index in [1.54, 1.807) is 30.3 Å². The van der Waals surface area contributed by atoms with Crippen LogP contribution in [0.5, 0.6) is 11.5 Å². The highest BCUT2D eigenvalue weighted by atomic mass is 32.2. The second-order valence-corrected chi connectivity index (χ2v) is 10.7. The summed E-state index contributed by atoms with van der Waals surface area (Å²) >= 11 is 2.16. The fraction of sp³-hybridized carbons (Fsp3) is 0.238. The fourth-order valence-electron chi connectivity index (χ4n) is 2.80. The minimum Gasteiger partial charge on any atom is -0.493 e. The molecule has 0 spiro atoms. The van der Waals surface area contributed by atoms with Crippen molar-refractivity contribution in [2.24, 2.45) is 0 Å². The Kier molecular flexibility index (Phi) is 8.89. The predicted molar refractivity (Wildman–Crippen MR) is 132 cm³/mol. The molecule has 0 aliphatic carbocycles. The molecular formula is C21H22N4O7S3. The lowest BCUT2D eigenvalue weighted by atomic mass is 10.3. The predicted octanol–water partition coefficient (Wildman–Crippen LogP) is 2.65. The number of carbonyl (C=O) groups excluding carboxylic acids is 2. The topological polar surface area (TPSA) is 137 Å². The van der Waals surface area contributed by atoms with Gasteiger partial charge < -0.3 is 14.2 Å². The van der Waals surface area contributed by atoms with Gasteiger partial charge in [0.15, 0.2) is 15.8 Å². The molecule has 2 aromatic carbocycles. The maximum atomic E-state index is 13.5. The second-order valence-electron chi connectivity index (χ2n) is 6.65. The van der Waals surface area contributed by atoms with Crippen molar-refractivity contribution in [3.63, 3.8) is 0 Å². The van der Waals surface area contributed by atoms with Crippen LogP contribution in [0.25, 0.3) is 0 Å². The molecule has 11 nitrogen and oxygen atoms in total. The Bertz CT molecular complexity index is 1280. The molecule has 0 aliphatic rings. The summed E-state index contributed by atoms with van der Waals surface area (Å²) in [6, 6.07) is 12.4. The Morgan fingerprint density at radius 3 is 2.40 bits per heavy atom. The monoisotopic (exact) mass is 538 g/mol. The van der Waals surface area contributed by atoms with Gasteiger partial charge in [-0.2, -0.15) is 0 Å². The van der Waals surface area contributed by atoms with Crippen molar-refractivity contribution in [2.75, 3.05) is 43.2 Å². The number of rotatable bonds is 11. The smallest absolute Gasteiger partial charge is 0.316 e. The van der Waals surface area contributed by atoms with Crippen molar-refractivity contribution in [3.05, 3.63) is 48.5 Å². The molecule has 0 unspecified atom stereocenters. The van der Waals surface area contributed by atoms with Gasteiger partial charge in [-0.15, -0.1) is 10.2 Å². The van der Waals surface area contributed by atoms with E-state index in [2.05, 4.69) is 20.3 Å². The Balaban J connectivity index is 1.83. The van der Waals surface area contributed by atoms with Crippen molar-refractivity contribution < 1.29 is 32.2 Å². The van der Waals surface area contributed by atoms with Gasteiger partial charge in [0.1, 0.15) is 6.54 Å². The van der Waals surface area contributed by atoms with E-state index in [1.807, 2.05) is 0 Å². The molecule has 0 atom stereocenters. The summed E-state index contributed by atoms with van der Waals surface area (Å²) in [7, 11) is -0.0420. The number of amides is 1. The van der Waals surface area contributed by atoms with Crippen LogP contribution in [0.4, 0.5) is 10.8 Å². The number of thioether (sulfide) groups is 1. The summed E-state index contributed by atoms with van der Waals surface area (Å²) in [5, 5.41) is 10.5. The number of ether oxygens (including phenoxy) is 3. The van der Waals surface area contributed by atoms with Crippen molar-refractivity contribution in [3.8, 4) is 11.5 Å². The van der Waals surface area contributed by atoms with Gasteiger partial charge in [-0.1, -0.05) is 41.3 Å². The van der Waals surface area contributed by atoms with E-state index in [1.165, 1.54) is 39.5 Å². The van der Waals surface area contributed by atoms with Crippen LogP contribution in [-0.2, 0) is 24.3 Å². The maximum Gasteiger partial charge on any atom is 0.316 e. The molecule has 1 N–H and O–H groups in total. The Labute approximate surface area is 210 Å². The van der Waals surface area contributed by atoms with Gasteiger partial charge in [0.25, 0.3) is 10.0 Å². The zero-order valence-corrected chi connectivity index (χ0v) is 21.4. The SMILES string of the molecule is COC(=O)CSc1nnc(NC(=O)CN(c2ccccc2)S(=O)(=O)c2ccc(OC)c(OC)c2)s1. The van der Waals surface area contributed by atoms with Gasteiger partial charge in [0, 0.05) is 6.07 Å². The number of anilines is 2. The zero-order valence-electron chi connectivity index (χ0n) is 19.0. The lowest BCUT2D eigenvalue weighted by Gasteiger charge is -2.24. The van der Waals surface area contributed by atoms with Gasteiger partial charge in [-0.3, -0.25) is 19.2 Å². The highest BCUT2D eigenvalue weighted by Crippen LogP contribution is 2.32. The van der Waals surface area contributed by atoms with Crippen LogP contribution < -0.4 is 19.1 Å². The van der Waals surface area contributed by atoms with Gasteiger partial charge in [-0.25, -0.2) is 8.42 Å². The Hall–Kier alpha value is -3.36. The van der Waals surface area contributed by atoms with Crippen LogP contribution in [0.1, 0.15) is 0 Å². The lowest BCUT2D eigenvalue weighted by Crippen LogP contribution is -2.38. The number of nitrogens with one attached hydrogen (secondary N) is 1. The van der Waals surface area contributed by atoms with Crippen molar-refractivity contribution >= 4 is 55.8 Å². The number of esters is 1. The summed E-state index contributed by atoms with van der Waals surface area (Å²) in [5.41, 5.74) is 0.295. The fourth-order valence-corrected chi connectivity index (χ4v) is 5.84. The van der Waals surface area contributed by atoms with E-state index in [4.69, 9.17) is 9.47 Å². The van der Waals surface area contributed by atoms with Crippen molar-refractivity contribution in [1.82, 2.24) is 10.2 Å². The van der Waals surface area contributed by atoms with Crippen LogP contribution in [0, 0.1) is 0 Å². The first-order chi connectivity index (χ1) is 16.8. The molecule has 1 amide bonds. The second kappa shape index (κ2) is 11.9. The van der Waals surface area contributed by atoms with Crippen LogP contribution in [-0.4, -0.2) is 64.1 Å². The summed E-state index contributed by atoms with van der Waals surface area (Å²) in [6.45, 7) is -0.523. The molecule has 3 rings (SSSR count). The van der Waals surface area contributed by atoms with Crippen molar-refractivity contribution in [2.45, 2.75) is 9.24 Å². The quantitative estimate of drug-likeness (QED) is 0.220. The van der Waals surface area contributed by atoms with E-state index in [0.29, 0.717) is 15.8 Å². The van der Waals surface area contributed by atoms with Crippen LogP contribution in [0.15, 0.2) is 57.8 Å². The number of hydrogen-bond acceptors (Lipinski definition) is 11. The standard InChI is InChI=1S/C21H22N4O7S3/c1-30-16-10-9-15(11-17(16)31-2)35(28,29)25(14-7-5-4-6-8-14)12-18(26)22-20-23-24-21(34-20)33-13-19(27)32-3/h4-11H,12-13H2,1-3H3,(H,22,23,26). The average molecular weight is 539 g/mol. The highest BCUT2D eigenvalue weighted by molar-refractivity contribution is 8.01. The number of sulfonamides is 1. The third-order valence-corrected chi connectivity index (χ3v) is 8.18. The largest absolute Gasteiger partial charge is 0.493 e. The lowest BCUT2D eigenvalue weighted by molar-refractivity contribution is -0.137.